The zero-order valence-corrected chi connectivity index (χ0v) is 9.73. The van der Waals surface area contributed by atoms with Crippen LogP contribution in [0.25, 0.3) is 0 Å². The Labute approximate surface area is 79.7 Å². The van der Waals surface area contributed by atoms with Gasteiger partial charge in [0.05, 0.1) is 0 Å². The highest BCUT2D eigenvalue weighted by atomic mass is 28.3. The largest absolute Gasteiger partial charge is 0.103 e. The molecule has 1 radical (unpaired) electrons. The van der Waals surface area contributed by atoms with E-state index in [0.29, 0.717) is 0 Å². The van der Waals surface area contributed by atoms with Crippen molar-refractivity contribution in [3.63, 3.8) is 0 Å². The quantitative estimate of drug-likeness (QED) is 0.299. The lowest BCUT2D eigenvalue weighted by Crippen LogP contribution is -1.97. The third-order valence-electron chi connectivity index (χ3n) is 2.09. The van der Waals surface area contributed by atoms with E-state index in [2.05, 4.69) is 19.7 Å². The summed E-state index contributed by atoms with van der Waals surface area (Å²) in [4.78, 5) is 0. The van der Waals surface area contributed by atoms with Crippen molar-refractivity contribution in [1.29, 1.82) is 0 Å². The summed E-state index contributed by atoms with van der Waals surface area (Å²) >= 11 is 0. The van der Waals surface area contributed by atoms with Gasteiger partial charge in [-0.1, -0.05) is 50.9 Å². The van der Waals surface area contributed by atoms with E-state index >= 15 is 0 Å². The molecule has 0 N–H and O–H groups in total. The summed E-state index contributed by atoms with van der Waals surface area (Å²) in [5.41, 5.74) is 0. The lowest BCUT2D eigenvalue weighted by molar-refractivity contribution is 0.636. The number of hydrogen-bond acceptors (Lipinski definition) is 0. The van der Waals surface area contributed by atoms with Gasteiger partial charge in [0.2, 0.25) is 0 Å². The highest BCUT2D eigenvalue weighted by molar-refractivity contribution is 6.55. The molecule has 0 nitrogen and oxygen atoms in total. The fourth-order valence-corrected chi connectivity index (χ4v) is 2.25. The second kappa shape index (κ2) is 9.05. The van der Waals surface area contributed by atoms with Crippen molar-refractivity contribution in [3.05, 3.63) is 12.7 Å². The van der Waals surface area contributed by atoms with E-state index in [1.807, 2.05) is 6.08 Å². The standard InChI is InChI=1S/C11H23Si/c1-4-5-6-7-8-9-10-11-12(2)3/h4H,1,5-11H2,2-3H3. The van der Waals surface area contributed by atoms with Gasteiger partial charge in [-0.15, -0.1) is 6.58 Å². The Kier molecular flexibility index (Phi) is 9.02. The van der Waals surface area contributed by atoms with Crippen LogP contribution < -0.4 is 0 Å². The van der Waals surface area contributed by atoms with Crippen molar-refractivity contribution in [1.82, 2.24) is 0 Å². The second-order valence-electron chi connectivity index (χ2n) is 3.80. The molecule has 71 valence electrons. The van der Waals surface area contributed by atoms with Crippen LogP contribution in [0.15, 0.2) is 12.7 Å². The minimum atomic E-state index is 0.0521. The zero-order chi connectivity index (χ0) is 9.23. The topological polar surface area (TPSA) is 0 Å². The summed E-state index contributed by atoms with van der Waals surface area (Å²) in [6, 6.07) is 1.51. The summed E-state index contributed by atoms with van der Waals surface area (Å²) in [6.07, 6.45) is 10.3. The van der Waals surface area contributed by atoms with Gasteiger partial charge < -0.3 is 0 Å². The number of rotatable bonds is 8. The lowest BCUT2D eigenvalue weighted by Gasteiger charge is -2.02. The molecule has 0 spiro atoms. The molecular weight excluding hydrogens is 160 g/mol. The molecule has 0 saturated carbocycles. The van der Waals surface area contributed by atoms with E-state index in [0.717, 1.165) is 0 Å². The van der Waals surface area contributed by atoms with Crippen LogP contribution >= 0.6 is 0 Å². The predicted octanol–water partition coefficient (Wildman–Crippen LogP) is 4.27. The fourth-order valence-electron chi connectivity index (χ4n) is 1.30. The maximum Gasteiger partial charge on any atom is 0.0412 e. The molecule has 0 aromatic rings. The molecule has 12 heavy (non-hydrogen) atoms. The van der Waals surface area contributed by atoms with Gasteiger partial charge in [0.25, 0.3) is 0 Å². The van der Waals surface area contributed by atoms with Crippen LogP contribution in [0.1, 0.15) is 38.5 Å². The highest BCUT2D eigenvalue weighted by Crippen LogP contribution is 2.08. The molecule has 0 heterocycles. The summed E-state index contributed by atoms with van der Waals surface area (Å²) in [5.74, 6) is 0. The Morgan fingerprint density at radius 1 is 1.00 bits per heavy atom. The van der Waals surface area contributed by atoms with Crippen molar-refractivity contribution in [3.8, 4) is 0 Å². The van der Waals surface area contributed by atoms with E-state index in [-0.39, 0.29) is 8.80 Å². The van der Waals surface area contributed by atoms with E-state index in [9.17, 15) is 0 Å². The molecule has 0 atom stereocenters. The molecule has 0 unspecified atom stereocenters. The Balaban J connectivity index is 2.86. The maximum absolute atomic E-state index is 3.72. The van der Waals surface area contributed by atoms with Gasteiger partial charge in [-0.2, -0.15) is 0 Å². The molecule has 0 saturated heterocycles. The summed E-state index contributed by atoms with van der Waals surface area (Å²) in [7, 11) is 0.0521. The van der Waals surface area contributed by atoms with E-state index < -0.39 is 0 Å². The average Bonchev–Trinajstić information content (AvgIpc) is 2.02. The molecule has 0 aromatic heterocycles. The maximum atomic E-state index is 3.72. The molecule has 1 heteroatoms. The third kappa shape index (κ3) is 9.96. The van der Waals surface area contributed by atoms with Crippen molar-refractivity contribution in [2.24, 2.45) is 0 Å². The predicted molar refractivity (Wildman–Crippen MR) is 60.2 cm³/mol. The van der Waals surface area contributed by atoms with Crippen LogP contribution in [-0.4, -0.2) is 8.80 Å². The molecule has 0 fully saturated rings. The zero-order valence-electron chi connectivity index (χ0n) is 8.73. The molecule has 0 aromatic carbocycles. The summed E-state index contributed by atoms with van der Waals surface area (Å²) < 4.78 is 0. The monoisotopic (exact) mass is 183 g/mol. The van der Waals surface area contributed by atoms with Crippen molar-refractivity contribution in [2.45, 2.75) is 57.7 Å². The summed E-state index contributed by atoms with van der Waals surface area (Å²) in [5, 5.41) is 0. The number of hydrogen-bond donors (Lipinski definition) is 0. The van der Waals surface area contributed by atoms with Crippen LogP contribution in [0, 0.1) is 0 Å². The normalized spacial score (nSPS) is 10.6. The Morgan fingerprint density at radius 2 is 1.58 bits per heavy atom. The van der Waals surface area contributed by atoms with Gasteiger partial charge in [0.1, 0.15) is 0 Å². The minimum absolute atomic E-state index is 0.0521. The number of unbranched alkanes of at least 4 members (excludes halogenated alkanes) is 5. The molecule has 0 aliphatic rings. The minimum Gasteiger partial charge on any atom is -0.103 e. The van der Waals surface area contributed by atoms with Gasteiger partial charge in [-0.3, -0.25) is 0 Å². The SMILES string of the molecule is C=CCCCCCCC[Si](C)C. The van der Waals surface area contributed by atoms with Gasteiger partial charge in [-0.25, -0.2) is 0 Å². The van der Waals surface area contributed by atoms with Crippen LogP contribution in [-0.2, 0) is 0 Å². The van der Waals surface area contributed by atoms with Crippen LogP contribution in [0.5, 0.6) is 0 Å². The smallest absolute Gasteiger partial charge is 0.0412 e. The van der Waals surface area contributed by atoms with Crippen LogP contribution in [0.3, 0.4) is 0 Å². The first-order valence-electron chi connectivity index (χ1n) is 5.17. The summed E-state index contributed by atoms with van der Waals surface area (Å²) in [6.45, 7) is 8.53. The van der Waals surface area contributed by atoms with E-state index in [4.69, 9.17) is 0 Å². The Bertz CT molecular complexity index is 97.2. The van der Waals surface area contributed by atoms with Gasteiger partial charge in [-0.05, 0) is 12.8 Å². The Morgan fingerprint density at radius 3 is 2.17 bits per heavy atom. The fraction of sp³-hybridized carbons (Fsp3) is 0.818. The van der Waals surface area contributed by atoms with Crippen molar-refractivity contribution >= 4 is 8.80 Å². The van der Waals surface area contributed by atoms with Crippen LogP contribution in [0.2, 0.25) is 19.1 Å². The molecule has 0 bridgehead atoms. The van der Waals surface area contributed by atoms with Crippen LogP contribution in [0.4, 0.5) is 0 Å². The highest BCUT2D eigenvalue weighted by Gasteiger charge is 1.95. The molecule has 0 aliphatic carbocycles. The van der Waals surface area contributed by atoms with Gasteiger partial charge in [0.15, 0.2) is 0 Å². The molecular formula is C11H23Si. The van der Waals surface area contributed by atoms with Crippen molar-refractivity contribution in [2.75, 3.05) is 0 Å². The lowest BCUT2D eigenvalue weighted by atomic mass is 10.1. The first-order valence-corrected chi connectivity index (χ1v) is 7.88. The third-order valence-corrected chi connectivity index (χ3v) is 3.44. The van der Waals surface area contributed by atoms with E-state index in [1.165, 1.54) is 44.6 Å². The van der Waals surface area contributed by atoms with Gasteiger partial charge >= 0.3 is 0 Å². The van der Waals surface area contributed by atoms with E-state index in [1.54, 1.807) is 0 Å². The molecule has 0 rings (SSSR count). The number of allylic oxidation sites excluding steroid dienone is 1. The first kappa shape index (κ1) is 12.0. The molecule has 0 amide bonds. The van der Waals surface area contributed by atoms with Crippen molar-refractivity contribution < 1.29 is 0 Å². The second-order valence-corrected chi connectivity index (χ2v) is 6.72. The first-order chi connectivity index (χ1) is 5.77. The molecule has 0 aliphatic heterocycles. The van der Waals surface area contributed by atoms with Gasteiger partial charge in [0, 0.05) is 8.80 Å². The Hall–Kier alpha value is -0.0431. The average molecular weight is 183 g/mol.